The highest BCUT2D eigenvalue weighted by Crippen LogP contribution is 2.32. The van der Waals surface area contributed by atoms with Crippen LogP contribution in [0.1, 0.15) is 31.9 Å². The lowest BCUT2D eigenvalue weighted by atomic mass is 9.85. The zero-order chi connectivity index (χ0) is 16.9. The van der Waals surface area contributed by atoms with Crippen molar-refractivity contribution in [3.8, 4) is 11.5 Å². The molecule has 0 aliphatic rings. The van der Waals surface area contributed by atoms with Crippen LogP contribution in [0.15, 0.2) is 60.1 Å². The maximum atomic E-state index is 10.4. The van der Waals surface area contributed by atoms with Gasteiger partial charge >= 0.3 is 0 Å². The van der Waals surface area contributed by atoms with Crippen LogP contribution in [0.5, 0.6) is 11.5 Å². The van der Waals surface area contributed by atoms with E-state index in [0.29, 0.717) is 12.2 Å². The number of phenolic OH excluding ortho intramolecular Hbond substituents is 1. The smallest absolute Gasteiger partial charge is 0.128 e. The number of benzene rings is 2. The lowest BCUT2D eigenvalue weighted by molar-refractivity contribution is 0.363. The molecule has 0 aromatic heterocycles. The zero-order valence-electron chi connectivity index (χ0n) is 13.9. The molecule has 2 rings (SSSR count). The van der Waals surface area contributed by atoms with E-state index in [1.807, 2.05) is 42.5 Å². The van der Waals surface area contributed by atoms with Crippen LogP contribution in [0.25, 0.3) is 0 Å². The van der Waals surface area contributed by atoms with Crippen molar-refractivity contribution in [1.29, 1.82) is 0 Å². The molecule has 0 saturated heterocycles. The molecule has 1 N–H and O–H groups in total. The lowest BCUT2D eigenvalue weighted by Gasteiger charge is -2.21. The van der Waals surface area contributed by atoms with Crippen molar-refractivity contribution < 1.29 is 9.84 Å². The van der Waals surface area contributed by atoms with Crippen LogP contribution < -0.4 is 4.74 Å². The number of aromatic hydroxyl groups is 1. The highest BCUT2D eigenvalue weighted by atomic mass is 16.5. The molecular weight excluding hydrogens is 286 g/mol. The molecule has 2 aromatic rings. The molecule has 0 fully saturated rings. The summed E-state index contributed by atoms with van der Waals surface area (Å²) in [6.07, 6.45) is 3.38. The highest BCUT2D eigenvalue weighted by molar-refractivity contribution is 5.86. The minimum atomic E-state index is -0.119. The SMILES string of the molecule is C=CCOc1cccc(N=Cc2cccc(C(C)(C)C)c2O)c1. The van der Waals surface area contributed by atoms with Crippen molar-refractivity contribution in [2.75, 3.05) is 6.61 Å². The Morgan fingerprint density at radius 3 is 2.61 bits per heavy atom. The summed E-state index contributed by atoms with van der Waals surface area (Å²) in [7, 11) is 0. The van der Waals surface area contributed by atoms with Crippen molar-refractivity contribution in [2.24, 2.45) is 4.99 Å². The molecule has 3 nitrogen and oxygen atoms in total. The average Bonchev–Trinajstić information content (AvgIpc) is 2.51. The third-order valence-electron chi connectivity index (χ3n) is 3.41. The normalized spacial score (nSPS) is 11.6. The van der Waals surface area contributed by atoms with Gasteiger partial charge in [0.25, 0.3) is 0 Å². The Labute approximate surface area is 138 Å². The molecule has 0 heterocycles. The number of hydrogen-bond acceptors (Lipinski definition) is 3. The van der Waals surface area contributed by atoms with Crippen LogP contribution in [0.4, 0.5) is 5.69 Å². The highest BCUT2D eigenvalue weighted by Gasteiger charge is 2.19. The number of nitrogens with zero attached hydrogens (tertiary/aromatic N) is 1. The van der Waals surface area contributed by atoms with Gasteiger partial charge in [-0.3, -0.25) is 4.99 Å². The first kappa shape index (κ1) is 16.8. The molecule has 2 aromatic carbocycles. The van der Waals surface area contributed by atoms with Crippen LogP contribution in [0, 0.1) is 0 Å². The first-order valence-electron chi connectivity index (χ1n) is 7.62. The Morgan fingerprint density at radius 1 is 1.17 bits per heavy atom. The number of hydrogen-bond donors (Lipinski definition) is 1. The molecule has 120 valence electrons. The topological polar surface area (TPSA) is 41.8 Å². The standard InChI is InChI=1S/C20H23NO2/c1-5-12-23-17-10-7-9-16(13-17)21-14-15-8-6-11-18(19(15)22)20(2,3)4/h5-11,13-14,22H,1,12H2,2-4H3. The molecular formula is C20H23NO2. The van der Waals surface area contributed by atoms with Gasteiger partial charge in [-0.1, -0.05) is 51.6 Å². The van der Waals surface area contributed by atoms with Gasteiger partial charge in [0.2, 0.25) is 0 Å². The van der Waals surface area contributed by atoms with E-state index in [0.717, 1.165) is 17.0 Å². The second kappa shape index (κ2) is 7.14. The number of aliphatic imine (C=N–C) groups is 1. The Morgan fingerprint density at radius 2 is 1.91 bits per heavy atom. The summed E-state index contributed by atoms with van der Waals surface area (Å²) in [4.78, 5) is 4.44. The fourth-order valence-electron chi connectivity index (χ4n) is 2.22. The van der Waals surface area contributed by atoms with E-state index >= 15 is 0 Å². The predicted octanol–water partition coefficient (Wildman–Crippen LogP) is 5.01. The summed E-state index contributed by atoms with van der Waals surface area (Å²) in [5.41, 5.74) is 2.26. The molecule has 0 atom stereocenters. The predicted molar refractivity (Wildman–Crippen MR) is 96.2 cm³/mol. The summed E-state index contributed by atoms with van der Waals surface area (Å²) in [5.74, 6) is 1.02. The molecule has 0 aliphatic carbocycles. The molecule has 0 spiro atoms. The molecule has 0 amide bonds. The Bertz CT molecular complexity index is 712. The van der Waals surface area contributed by atoms with E-state index in [4.69, 9.17) is 4.74 Å². The van der Waals surface area contributed by atoms with Gasteiger partial charge in [0.05, 0.1) is 5.69 Å². The largest absolute Gasteiger partial charge is 0.507 e. The molecule has 3 heteroatoms. The summed E-state index contributed by atoms with van der Waals surface area (Å²) >= 11 is 0. The summed E-state index contributed by atoms with van der Waals surface area (Å²) in [6, 6.07) is 13.2. The average molecular weight is 309 g/mol. The maximum Gasteiger partial charge on any atom is 0.128 e. The number of phenols is 1. The van der Waals surface area contributed by atoms with Crippen molar-refractivity contribution >= 4 is 11.9 Å². The summed E-state index contributed by atoms with van der Waals surface area (Å²) < 4.78 is 5.49. The molecule has 23 heavy (non-hydrogen) atoms. The number of ether oxygens (including phenoxy) is 1. The van der Waals surface area contributed by atoms with Gasteiger partial charge in [0.15, 0.2) is 0 Å². The zero-order valence-corrected chi connectivity index (χ0v) is 13.9. The monoisotopic (exact) mass is 309 g/mol. The second-order valence-corrected chi connectivity index (χ2v) is 6.35. The Hall–Kier alpha value is -2.55. The Kier molecular flexibility index (Phi) is 5.22. The first-order valence-corrected chi connectivity index (χ1v) is 7.62. The Balaban J connectivity index is 2.25. The quantitative estimate of drug-likeness (QED) is 0.623. The van der Waals surface area contributed by atoms with Crippen LogP contribution >= 0.6 is 0 Å². The van der Waals surface area contributed by atoms with E-state index < -0.39 is 0 Å². The minimum absolute atomic E-state index is 0.119. The van der Waals surface area contributed by atoms with E-state index in [9.17, 15) is 5.11 Å². The van der Waals surface area contributed by atoms with E-state index in [-0.39, 0.29) is 11.2 Å². The molecule has 0 bridgehead atoms. The van der Waals surface area contributed by atoms with Crippen molar-refractivity contribution in [3.05, 3.63) is 66.2 Å². The molecule has 0 aliphatic heterocycles. The summed E-state index contributed by atoms with van der Waals surface area (Å²) in [5, 5.41) is 10.4. The number of rotatable bonds is 5. The molecule has 0 saturated carbocycles. The van der Waals surface area contributed by atoms with Crippen molar-refractivity contribution in [1.82, 2.24) is 0 Å². The van der Waals surface area contributed by atoms with Crippen molar-refractivity contribution in [2.45, 2.75) is 26.2 Å². The molecule has 0 radical (unpaired) electrons. The molecule has 0 unspecified atom stereocenters. The fourth-order valence-corrected chi connectivity index (χ4v) is 2.22. The summed E-state index contributed by atoms with van der Waals surface area (Å²) in [6.45, 7) is 10.3. The number of para-hydroxylation sites is 1. The van der Waals surface area contributed by atoms with Gasteiger partial charge in [-0.2, -0.15) is 0 Å². The fraction of sp³-hybridized carbons (Fsp3) is 0.250. The van der Waals surface area contributed by atoms with E-state index in [2.05, 4.69) is 32.3 Å². The van der Waals surface area contributed by atoms with Crippen LogP contribution in [-0.2, 0) is 5.41 Å². The van der Waals surface area contributed by atoms with Crippen LogP contribution in [-0.4, -0.2) is 17.9 Å². The van der Waals surface area contributed by atoms with Crippen molar-refractivity contribution in [3.63, 3.8) is 0 Å². The lowest BCUT2D eigenvalue weighted by Crippen LogP contribution is -2.11. The first-order chi connectivity index (χ1) is 10.9. The van der Waals surface area contributed by atoms with E-state index in [1.54, 1.807) is 12.3 Å². The van der Waals surface area contributed by atoms with Gasteiger partial charge in [0, 0.05) is 17.8 Å². The minimum Gasteiger partial charge on any atom is -0.507 e. The van der Waals surface area contributed by atoms with Crippen LogP contribution in [0.3, 0.4) is 0 Å². The second-order valence-electron chi connectivity index (χ2n) is 6.35. The van der Waals surface area contributed by atoms with Gasteiger partial charge in [-0.05, 0) is 29.2 Å². The maximum absolute atomic E-state index is 10.4. The van der Waals surface area contributed by atoms with E-state index in [1.165, 1.54) is 0 Å². The third kappa shape index (κ3) is 4.46. The third-order valence-corrected chi connectivity index (χ3v) is 3.41. The van der Waals surface area contributed by atoms with Gasteiger partial charge < -0.3 is 9.84 Å². The van der Waals surface area contributed by atoms with Gasteiger partial charge in [0.1, 0.15) is 18.1 Å². The van der Waals surface area contributed by atoms with Gasteiger partial charge in [-0.15, -0.1) is 0 Å². The van der Waals surface area contributed by atoms with Crippen LogP contribution in [0.2, 0.25) is 0 Å². The van der Waals surface area contributed by atoms with Gasteiger partial charge in [-0.25, -0.2) is 0 Å².